The van der Waals surface area contributed by atoms with Crippen LogP contribution in [0.5, 0.6) is 0 Å². The van der Waals surface area contributed by atoms with Crippen LogP contribution in [-0.4, -0.2) is 48.2 Å². The van der Waals surface area contributed by atoms with Crippen LogP contribution in [0.25, 0.3) is 0 Å². The summed E-state index contributed by atoms with van der Waals surface area (Å²) in [4.78, 5) is 14.6. The van der Waals surface area contributed by atoms with Crippen molar-refractivity contribution >= 4 is 5.91 Å². The molecule has 1 unspecified atom stereocenters. The summed E-state index contributed by atoms with van der Waals surface area (Å²) in [6.07, 6.45) is 4.77. The van der Waals surface area contributed by atoms with E-state index < -0.39 is 0 Å². The second-order valence-electron chi connectivity index (χ2n) is 6.35. The second-order valence-corrected chi connectivity index (χ2v) is 6.35. The zero-order valence-corrected chi connectivity index (χ0v) is 12.9. The third-order valence-electron chi connectivity index (χ3n) is 4.73. The number of benzene rings is 1. The molecule has 4 nitrogen and oxygen atoms in total. The van der Waals surface area contributed by atoms with Crippen molar-refractivity contribution in [3.8, 4) is 0 Å². The van der Waals surface area contributed by atoms with Gasteiger partial charge in [-0.1, -0.05) is 30.3 Å². The van der Waals surface area contributed by atoms with Crippen molar-refractivity contribution in [1.29, 1.82) is 0 Å². The van der Waals surface area contributed by atoms with E-state index >= 15 is 0 Å². The molecule has 3 fully saturated rings. The van der Waals surface area contributed by atoms with Crippen LogP contribution in [-0.2, 0) is 11.2 Å². The molecule has 1 atom stereocenters. The van der Waals surface area contributed by atoms with Gasteiger partial charge in [0.15, 0.2) is 0 Å². The molecule has 2 N–H and O–H groups in total. The fraction of sp³-hybridized carbons (Fsp3) is 0.500. The van der Waals surface area contributed by atoms with Gasteiger partial charge in [0.05, 0.1) is 12.6 Å². The summed E-state index contributed by atoms with van der Waals surface area (Å²) in [7, 11) is 0. The Morgan fingerprint density at radius 2 is 2.05 bits per heavy atom. The molecule has 2 bridgehead atoms. The molecule has 0 saturated carbocycles. The number of rotatable bonds is 5. The topological polar surface area (TPSA) is 52.6 Å². The molecule has 0 aromatic heterocycles. The van der Waals surface area contributed by atoms with Gasteiger partial charge in [0.25, 0.3) is 0 Å². The van der Waals surface area contributed by atoms with Crippen LogP contribution >= 0.6 is 0 Å². The van der Waals surface area contributed by atoms with E-state index in [1.807, 2.05) is 30.3 Å². The average molecular weight is 300 g/mol. The van der Waals surface area contributed by atoms with Gasteiger partial charge in [0.1, 0.15) is 0 Å². The van der Waals surface area contributed by atoms with Gasteiger partial charge in [0.2, 0.25) is 5.91 Å². The van der Waals surface area contributed by atoms with E-state index in [4.69, 9.17) is 0 Å². The Labute approximate surface area is 131 Å². The molecule has 3 aliphatic heterocycles. The lowest BCUT2D eigenvalue weighted by Gasteiger charge is -2.41. The van der Waals surface area contributed by atoms with E-state index in [9.17, 15) is 9.90 Å². The second kappa shape index (κ2) is 7.07. The zero-order chi connectivity index (χ0) is 15.4. The van der Waals surface area contributed by atoms with Crippen LogP contribution in [0.4, 0.5) is 0 Å². The quantitative estimate of drug-likeness (QED) is 0.807. The molecular weight excluding hydrogens is 276 g/mol. The number of fused-ring (bicyclic) bond motifs is 3. The SMILES string of the molecule is O=C(/C=C1/CN2CCC1CC2)NC(CO)Cc1ccccc1. The van der Waals surface area contributed by atoms with Crippen LogP contribution in [0, 0.1) is 5.92 Å². The number of amides is 1. The lowest BCUT2D eigenvalue weighted by Crippen LogP contribution is -2.44. The lowest BCUT2D eigenvalue weighted by atomic mass is 9.83. The Hall–Kier alpha value is -1.65. The third-order valence-corrected chi connectivity index (χ3v) is 4.73. The standard InChI is InChI=1S/C18H24N2O2/c21-13-17(10-14-4-2-1-3-5-14)19-18(22)11-16-12-20-8-6-15(16)7-9-20/h1-5,11,15,17,21H,6-10,12-13H2,(H,19,22)/b16-11-. The predicted octanol–water partition coefficient (Wildman–Crippen LogP) is 1.36. The number of aliphatic hydroxyl groups is 1. The first kappa shape index (κ1) is 15.3. The van der Waals surface area contributed by atoms with Crippen molar-refractivity contribution in [2.24, 2.45) is 5.92 Å². The summed E-state index contributed by atoms with van der Waals surface area (Å²) in [6.45, 7) is 3.22. The van der Waals surface area contributed by atoms with Gasteiger partial charge < -0.3 is 10.4 Å². The zero-order valence-electron chi connectivity index (χ0n) is 12.9. The highest BCUT2D eigenvalue weighted by molar-refractivity contribution is 5.88. The first-order chi connectivity index (χ1) is 10.7. The highest BCUT2D eigenvalue weighted by Gasteiger charge is 2.29. The van der Waals surface area contributed by atoms with Gasteiger partial charge >= 0.3 is 0 Å². The summed E-state index contributed by atoms with van der Waals surface area (Å²) in [5.41, 5.74) is 2.38. The van der Waals surface area contributed by atoms with Crippen LogP contribution in [0.1, 0.15) is 18.4 Å². The van der Waals surface area contributed by atoms with Crippen molar-refractivity contribution in [2.45, 2.75) is 25.3 Å². The third kappa shape index (κ3) is 3.76. The van der Waals surface area contributed by atoms with Gasteiger partial charge in [-0.2, -0.15) is 0 Å². The van der Waals surface area contributed by atoms with Crippen molar-refractivity contribution < 1.29 is 9.90 Å². The molecule has 0 aliphatic carbocycles. The van der Waals surface area contributed by atoms with Crippen molar-refractivity contribution in [3.05, 3.63) is 47.5 Å². The first-order valence-electron chi connectivity index (χ1n) is 8.12. The number of carbonyl (C=O) groups excluding carboxylic acids is 1. The first-order valence-corrected chi connectivity index (χ1v) is 8.12. The highest BCUT2D eigenvalue weighted by atomic mass is 16.3. The number of carbonyl (C=O) groups is 1. The van der Waals surface area contributed by atoms with Crippen molar-refractivity contribution in [3.63, 3.8) is 0 Å². The molecule has 1 aromatic rings. The summed E-state index contributed by atoms with van der Waals surface area (Å²) < 4.78 is 0. The number of piperidine rings is 3. The van der Waals surface area contributed by atoms with Crippen LogP contribution in [0.15, 0.2) is 42.0 Å². The van der Waals surface area contributed by atoms with Crippen molar-refractivity contribution in [2.75, 3.05) is 26.2 Å². The summed E-state index contributed by atoms with van der Waals surface area (Å²) in [6, 6.07) is 9.71. The maximum absolute atomic E-state index is 12.2. The Balaban J connectivity index is 1.58. The summed E-state index contributed by atoms with van der Waals surface area (Å²) in [5.74, 6) is 0.510. The normalized spacial score (nSPS) is 26.9. The Bertz CT molecular complexity index is 533. The molecule has 1 amide bonds. The highest BCUT2D eigenvalue weighted by Crippen LogP contribution is 2.31. The molecule has 4 heteroatoms. The van der Waals surface area contributed by atoms with Gasteiger partial charge in [-0.15, -0.1) is 0 Å². The molecule has 118 valence electrons. The van der Waals surface area contributed by atoms with Crippen LogP contribution in [0.2, 0.25) is 0 Å². The van der Waals surface area contributed by atoms with Gasteiger partial charge in [-0.3, -0.25) is 9.69 Å². The fourth-order valence-corrected chi connectivity index (χ4v) is 3.48. The molecule has 0 radical (unpaired) electrons. The monoisotopic (exact) mass is 300 g/mol. The van der Waals surface area contributed by atoms with E-state index in [1.54, 1.807) is 6.08 Å². The van der Waals surface area contributed by atoms with E-state index in [0.29, 0.717) is 12.3 Å². The molecule has 4 rings (SSSR count). The number of nitrogens with one attached hydrogen (secondary N) is 1. The van der Waals surface area contributed by atoms with E-state index in [0.717, 1.165) is 25.2 Å². The maximum Gasteiger partial charge on any atom is 0.244 e. The summed E-state index contributed by atoms with van der Waals surface area (Å²) in [5, 5.41) is 12.4. The minimum Gasteiger partial charge on any atom is -0.394 e. The van der Waals surface area contributed by atoms with Crippen LogP contribution < -0.4 is 5.32 Å². The van der Waals surface area contributed by atoms with Crippen molar-refractivity contribution in [1.82, 2.24) is 10.2 Å². The molecule has 3 aliphatic rings. The fourth-order valence-electron chi connectivity index (χ4n) is 3.48. The molecule has 3 saturated heterocycles. The minimum atomic E-state index is -0.229. The smallest absolute Gasteiger partial charge is 0.244 e. The number of nitrogens with zero attached hydrogens (tertiary/aromatic N) is 1. The molecular formula is C18H24N2O2. The predicted molar refractivity (Wildman–Crippen MR) is 86.4 cm³/mol. The number of aliphatic hydroxyl groups excluding tert-OH is 1. The van der Waals surface area contributed by atoms with Gasteiger partial charge in [-0.25, -0.2) is 0 Å². The average Bonchev–Trinajstić information content (AvgIpc) is 2.56. The molecule has 22 heavy (non-hydrogen) atoms. The Kier molecular flexibility index (Phi) is 4.90. The number of hydrogen-bond donors (Lipinski definition) is 2. The Morgan fingerprint density at radius 3 is 2.64 bits per heavy atom. The van der Waals surface area contributed by atoms with Gasteiger partial charge in [-0.05, 0) is 49.4 Å². The molecule has 1 aromatic carbocycles. The maximum atomic E-state index is 12.2. The van der Waals surface area contributed by atoms with E-state index in [-0.39, 0.29) is 18.6 Å². The molecule has 3 heterocycles. The largest absolute Gasteiger partial charge is 0.394 e. The minimum absolute atomic E-state index is 0.0423. The van der Waals surface area contributed by atoms with Crippen LogP contribution in [0.3, 0.4) is 0 Å². The molecule has 0 spiro atoms. The summed E-state index contributed by atoms with van der Waals surface area (Å²) >= 11 is 0. The lowest BCUT2D eigenvalue weighted by molar-refractivity contribution is -0.117. The Morgan fingerprint density at radius 1 is 1.32 bits per heavy atom. The van der Waals surface area contributed by atoms with E-state index in [2.05, 4.69) is 10.2 Å². The number of hydrogen-bond acceptors (Lipinski definition) is 3. The van der Waals surface area contributed by atoms with E-state index in [1.165, 1.54) is 18.4 Å². The van der Waals surface area contributed by atoms with Gasteiger partial charge in [0, 0.05) is 12.6 Å².